The molecule has 0 atom stereocenters. The number of anilines is 1. The van der Waals surface area contributed by atoms with E-state index in [4.69, 9.17) is 4.74 Å². The van der Waals surface area contributed by atoms with Crippen LogP contribution in [0.1, 0.15) is 40.7 Å². The summed E-state index contributed by atoms with van der Waals surface area (Å²) in [7, 11) is 0. The monoisotopic (exact) mass is 252 g/mol. The molecule has 0 aliphatic rings. The average molecular weight is 252 g/mol. The van der Waals surface area contributed by atoms with Gasteiger partial charge in [-0.1, -0.05) is 0 Å². The third kappa shape index (κ3) is 3.91. The Hall–Kier alpha value is -1.78. The Balaban J connectivity index is 2.90. The van der Waals surface area contributed by atoms with Gasteiger partial charge in [0, 0.05) is 12.2 Å². The van der Waals surface area contributed by atoms with Crippen LogP contribution in [0, 0.1) is 0 Å². The summed E-state index contributed by atoms with van der Waals surface area (Å²) in [6.07, 6.45) is 1.06. The van der Waals surface area contributed by atoms with Gasteiger partial charge in [-0.05, 0) is 46.8 Å². The number of rotatable bonds is 2. The highest BCUT2D eigenvalue weighted by Gasteiger charge is 2.17. The number of aromatic nitrogens is 1. The van der Waals surface area contributed by atoms with Crippen molar-refractivity contribution in [3.05, 3.63) is 28.7 Å². The molecule has 1 heterocycles. The van der Waals surface area contributed by atoms with Gasteiger partial charge in [0.25, 0.3) is 5.56 Å². The van der Waals surface area contributed by atoms with E-state index < -0.39 is 11.7 Å². The molecule has 0 fully saturated rings. The molecule has 0 spiro atoms. The van der Waals surface area contributed by atoms with Crippen LogP contribution in [0.3, 0.4) is 0 Å². The fraction of sp³-hybridized carbons (Fsp3) is 0.538. The number of carbonyl (C=O) groups excluding carboxylic acids is 1. The number of pyridine rings is 1. The fourth-order valence-electron chi connectivity index (χ4n) is 1.43. The smallest absolute Gasteiger partial charge is 0.412 e. The van der Waals surface area contributed by atoms with E-state index in [0.717, 1.165) is 0 Å². The summed E-state index contributed by atoms with van der Waals surface area (Å²) in [5.41, 5.74) is -0.602. The SMILES string of the molecule is CC(C)n1cccc(NC(=O)OC(C)(C)C)c1=O. The second-order valence-corrected chi connectivity index (χ2v) is 5.35. The first kappa shape index (κ1) is 14.3. The van der Waals surface area contributed by atoms with Gasteiger partial charge >= 0.3 is 6.09 Å². The lowest BCUT2D eigenvalue weighted by Crippen LogP contribution is -2.31. The largest absolute Gasteiger partial charge is 0.444 e. The Labute approximate surface area is 107 Å². The van der Waals surface area contributed by atoms with E-state index in [2.05, 4.69) is 5.32 Å². The molecule has 0 radical (unpaired) electrons. The minimum Gasteiger partial charge on any atom is -0.444 e. The molecule has 0 saturated heterocycles. The molecular formula is C13H20N2O3. The van der Waals surface area contributed by atoms with Crippen molar-refractivity contribution >= 4 is 11.8 Å². The molecule has 0 aliphatic heterocycles. The van der Waals surface area contributed by atoms with Gasteiger partial charge < -0.3 is 9.30 Å². The van der Waals surface area contributed by atoms with E-state index in [9.17, 15) is 9.59 Å². The van der Waals surface area contributed by atoms with Gasteiger partial charge in [-0.3, -0.25) is 10.1 Å². The number of ether oxygens (including phenoxy) is 1. The van der Waals surface area contributed by atoms with Crippen molar-refractivity contribution in [2.45, 2.75) is 46.3 Å². The number of hydrogen-bond donors (Lipinski definition) is 1. The van der Waals surface area contributed by atoms with Crippen molar-refractivity contribution in [2.75, 3.05) is 5.32 Å². The highest BCUT2D eigenvalue weighted by molar-refractivity contribution is 5.84. The van der Waals surface area contributed by atoms with E-state index in [-0.39, 0.29) is 17.3 Å². The zero-order valence-electron chi connectivity index (χ0n) is 11.5. The minimum absolute atomic E-state index is 0.0397. The zero-order valence-corrected chi connectivity index (χ0v) is 11.5. The van der Waals surface area contributed by atoms with Crippen LogP contribution < -0.4 is 10.9 Å². The maximum atomic E-state index is 12.0. The quantitative estimate of drug-likeness (QED) is 0.880. The van der Waals surface area contributed by atoms with Crippen molar-refractivity contribution in [3.63, 3.8) is 0 Å². The molecule has 1 aromatic heterocycles. The molecule has 0 saturated carbocycles. The Morgan fingerprint density at radius 2 is 2.00 bits per heavy atom. The first-order valence-electron chi connectivity index (χ1n) is 5.92. The highest BCUT2D eigenvalue weighted by Crippen LogP contribution is 2.10. The van der Waals surface area contributed by atoms with Crippen LogP contribution in [-0.4, -0.2) is 16.3 Å². The summed E-state index contributed by atoms with van der Waals surface area (Å²) >= 11 is 0. The molecule has 5 heteroatoms. The van der Waals surface area contributed by atoms with Gasteiger partial charge in [0.2, 0.25) is 0 Å². The Morgan fingerprint density at radius 3 is 2.50 bits per heavy atom. The summed E-state index contributed by atoms with van der Waals surface area (Å²) in [6, 6.07) is 3.32. The second kappa shape index (κ2) is 5.25. The number of nitrogens with one attached hydrogen (secondary N) is 1. The maximum Gasteiger partial charge on any atom is 0.412 e. The van der Waals surface area contributed by atoms with E-state index in [1.54, 1.807) is 43.7 Å². The molecule has 1 aromatic rings. The lowest BCUT2D eigenvalue weighted by atomic mass is 10.2. The molecular weight excluding hydrogens is 232 g/mol. The Morgan fingerprint density at radius 1 is 1.39 bits per heavy atom. The maximum absolute atomic E-state index is 12.0. The molecule has 0 aromatic carbocycles. The number of carbonyl (C=O) groups is 1. The van der Waals surface area contributed by atoms with Crippen LogP contribution in [-0.2, 0) is 4.74 Å². The summed E-state index contributed by atoms with van der Waals surface area (Å²) < 4.78 is 6.65. The van der Waals surface area contributed by atoms with Gasteiger partial charge in [0.15, 0.2) is 0 Å². The molecule has 0 bridgehead atoms. The van der Waals surface area contributed by atoms with Gasteiger partial charge in [0.1, 0.15) is 11.3 Å². The Kier molecular flexibility index (Phi) is 4.16. The summed E-state index contributed by atoms with van der Waals surface area (Å²) in [4.78, 5) is 23.6. The third-order valence-corrected chi connectivity index (χ3v) is 2.17. The summed E-state index contributed by atoms with van der Waals surface area (Å²) in [5, 5.41) is 2.47. The fourth-order valence-corrected chi connectivity index (χ4v) is 1.43. The van der Waals surface area contributed by atoms with Crippen molar-refractivity contribution in [1.29, 1.82) is 0 Å². The lowest BCUT2D eigenvalue weighted by molar-refractivity contribution is 0.0635. The summed E-state index contributed by atoms with van der Waals surface area (Å²) in [6.45, 7) is 9.11. The van der Waals surface area contributed by atoms with Gasteiger partial charge in [-0.25, -0.2) is 4.79 Å². The molecule has 1 rings (SSSR count). The molecule has 18 heavy (non-hydrogen) atoms. The molecule has 0 aliphatic carbocycles. The number of nitrogens with zero attached hydrogens (tertiary/aromatic N) is 1. The predicted molar refractivity (Wildman–Crippen MR) is 70.9 cm³/mol. The molecule has 1 N–H and O–H groups in total. The van der Waals surface area contributed by atoms with Crippen LogP contribution in [0.2, 0.25) is 0 Å². The summed E-state index contributed by atoms with van der Waals surface area (Å²) in [5.74, 6) is 0. The van der Waals surface area contributed by atoms with E-state index in [0.29, 0.717) is 0 Å². The van der Waals surface area contributed by atoms with Crippen molar-refractivity contribution in [2.24, 2.45) is 0 Å². The topological polar surface area (TPSA) is 60.3 Å². The van der Waals surface area contributed by atoms with Crippen LogP contribution in [0.25, 0.3) is 0 Å². The minimum atomic E-state index is -0.624. The van der Waals surface area contributed by atoms with Crippen LogP contribution in [0.15, 0.2) is 23.1 Å². The highest BCUT2D eigenvalue weighted by atomic mass is 16.6. The standard InChI is InChI=1S/C13H20N2O3/c1-9(2)15-8-6-7-10(11(15)16)14-12(17)18-13(3,4)5/h6-9H,1-5H3,(H,14,17). The van der Waals surface area contributed by atoms with Crippen molar-refractivity contribution in [3.8, 4) is 0 Å². The molecule has 1 amide bonds. The van der Waals surface area contributed by atoms with Gasteiger partial charge in [-0.2, -0.15) is 0 Å². The molecule has 0 unspecified atom stereocenters. The first-order chi connectivity index (χ1) is 8.20. The Bertz CT molecular complexity index is 484. The number of hydrogen-bond acceptors (Lipinski definition) is 3. The predicted octanol–water partition coefficient (Wildman–Crippen LogP) is 2.78. The third-order valence-electron chi connectivity index (χ3n) is 2.17. The van der Waals surface area contributed by atoms with E-state index in [1.165, 1.54) is 0 Å². The van der Waals surface area contributed by atoms with Crippen molar-refractivity contribution in [1.82, 2.24) is 4.57 Å². The van der Waals surface area contributed by atoms with Gasteiger partial charge in [-0.15, -0.1) is 0 Å². The first-order valence-corrected chi connectivity index (χ1v) is 5.92. The van der Waals surface area contributed by atoms with E-state index >= 15 is 0 Å². The van der Waals surface area contributed by atoms with Crippen LogP contribution >= 0.6 is 0 Å². The zero-order chi connectivity index (χ0) is 13.9. The molecule has 100 valence electrons. The molecule has 5 nitrogen and oxygen atoms in total. The normalized spacial score (nSPS) is 11.4. The van der Waals surface area contributed by atoms with Gasteiger partial charge in [0.05, 0.1) is 0 Å². The second-order valence-electron chi connectivity index (χ2n) is 5.35. The lowest BCUT2D eigenvalue weighted by Gasteiger charge is -2.20. The van der Waals surface area contributed by atoms with Crippen LogP contribution in [0.4, 0.5) is 10.5 Å². The van der Waals surface area contributed by atoms with E-state index in [1.807, 2.05) is 13.8 Å². The van der Waals surface area contributed by atoms with Crippen molar-refractivity contribution < 1.29 is 9.53 Å². The number of amides is 1. The van der Waals surface area contributed by atoms with Crippen LogP contribution in [0.5, 0.6) is 0 Å². The average Bonchev–Trinajstić information content (AvgIpc) is 2.17.